The Kier molecular flexibility index (Phi) is 10.8. The van der Waals surface area contributed by atoms with Crippen LogP contribution < -0.4 is 16.1 Å². The molecule has 3 rings (SSSR count). The number of hydrogen-bond donors (Lipinski definition) is 4. The zero-order chi connectivity index (χ0) is 29.0. The van der Waals surface area contributed by atoms with Crippen molar-refractivity contribution in [3.8, 4) is 0 Å². The van der Waals surface area contributed by atoms with Gasteiger partial charge >= 0.3 is 5.97 Å². The summed E-state index contributed by atoms with van der Waals surface area (Å²) < 4.78 is 37.0. The third-order valence-corrected chi connectivity index (χ3v) is 6.45. The Bertz CT molecular complexity index is 1450. The molecule has 0 spiro atoms. The van der Waals surface area contributed by atoms with Crippen LogP contribution in [0.2, 0.25) is 0 Å². The first-order valence-electron chi connectivity index (χ1n) is 12.1. The van der Waals surface area contributed by atoms with Gasteiger partial charge in [0.05, 0.1) is 24.5 Å². The number of esters is 1. The van der Waals surface area contributed by atoms with Gasteiger partial charge in [-0.3, -0.25) is 24.6 Å². The van der Waals surface area contributed by atoms with Crippen molar-refractivity contribution in [1.82, 2.24) is 20.6 Å². The fraction of sp³-hybridized carbons (Fsp3) is 0.231. The van der Waals surface area contributed by atoms with Crippen molar-refractivity contribution >= 4 is 39.9 Å². The number of benzene rings is 1. The van der Waals surface area contributed by atoms with E-state index in [4.69, 9.17) is 4.74 Å². The third-order valence-electron chi connectivity index (χ3n) is 5.53. The quantitative estimate of drug-likeness (QED) is 0.0780. The number of methoxy groups -OCH3 is 1. The maximum Gasteiger partial charge on any atom is 0.328 e. The monoisotopic (exact) mass is 568 g/mol. The highest BCUT2D eigenvalue weighted by Crippen LogP contribution is 2.13. The minimum atomic E-state index is -4.42. The van der Waals surface area contributed by atoms with Crippen molar-refractivity contribution in [2.75, 3.05) is 19.1 Å². The normalized spacial score (nSPS) is 11.9. The van der Waals surface area contributed by atoms with Gasteiger partial charge in [0.15, 0.2) is 0 Å². The van der Waals surface area contributed by atoms with Crippen LogP contribution in [-0.4, -0.2) is 66.6 Å². The number of nitrogens with zero attached hydrogens (tertiary/aromatic N) is 3. The highest BCUT2D eigenvalue weighted by molar-refractivity contribution is 7.86. The van der Waals surface area contributed by atoms with Gasteiger partial charge in [-0.25, -0.2) is 9.78 Å². The van der Waals surface area contributed by atoms with E-state index in [-0.39, 0.29) is 27.7 Å². The van der Waals surface area contributed by atoms with Crippen LogP contribution in [-0.2, 0) is 19.6 Å². The molecule has 0 saturated heterocycles. The molecule has 1 unspecified atom stereocenters. The van der Waals surface area contributed by atoms with Crippen molar-refractivity contribution in [2.24, 2.45) is 5.10 Å². The van der Waals surface area contributed by atoms with Crippen LogP contribution in [0.3, 0.4) is 0 Å². The van der Waals surface area contributed by atoms with Crippen LogP contribution in [0.4, 0.5) is 5.82 Å². The Morgan fingerprint density at radius 2 is 1.80 bits per heavy atom. The Balaban J connectivity index is 1.50. The molecule has 2 amide bonds. The molecule has 2 aromatic heterocycles. The van der Waals surface area contributed by atoms with Gasteiger partial charge in [-0.2, -0.15) is 13.5 Å². The van der Waals surface area contributed by atoms with Crippen molar-refractivity contribution in [3.05, 3.63) is 83.8 Å². The predicted octanol–water partition coefficient (Wildman–Crippen LogP) is 2.04. The lowest BCUT2D eigenvalue weighted by atomic mass is 10.1. The van der Waals surface area contributed by atoms with Crippen LogP contribution >= 0.6 is 0 Å². The van der Waals surface area contributed by atoms with Gasteiger partial charge in [-0.05, 0) is 49.6 Å². The molecule has 0 fully saturated rings. The Morgan fingerprint density at radius 1 is 1.02 bits per heavy atom. The summed E-state index contributed by atoms with van der Waals surface area (Å²) in [6.07, 6.45) is 6.94. The first-order valence-corrected chi connectivity index (χ1v) is 13.5. The number of amides is 2. The van der Waals surface area contributed by atoms with Gasteiger partial charge in [-0.15, -0.1) is 0 Å². The molecule has 0 aliphatic rings. The zero-order valence-corrected chi connectivity index (χ0v) is 22.3. The average molecular weight is 569 g/mol. The molecule has 0 aliphatic carbocycles. The fourth-order valence-corrected chi connectivity index (χ4v) is 4.16. The molecular weight excluding hydrogens is 540 g/mol. The minimum Gasteiger partial charge on any atom is -0.467 e. The summed E-state index contributed by atoms with van der Waals surface area (Å²) in [6, 6.07) is 11.1. The Hall–Kier alpha value is -4.69. The van der Waals surface area contributed by atoms with Crippen LogP contribution in [0.5, 0.6) is 0 Å². The number of pyridine rings is 2. The molecule has 3 aromatic rings. The average Bonchev–Trinajstić information content (AvgIpc) is 2.96. The summed E-state index contributed by atoms with van der Waals surface area (Å²) >= 11 is 0. The molecule has 0 radical (unpaired) electrons. The van der Waals surface area contributed by atoms with Crippen molar-refractivity contribution in [2.45, 2.75) is 30.2 Å². The summed E-state index contributed by atoms with van der Waals surface area (Å²) in [5.74, 6) is -1.12. The summed E-state index contributed by atoms with van der Waals surface area (Å²) in [5, 5.41) is 9.33. The standard InChI is InChI=1S/C26H28N6O7S/c1-39-26(35)21(9-4-5-14-28-24(33)19-8-6-13-27-15-19)31-25(34)20-11-12-23(29-16-20)32-30-17-18-7-2-3-10-22(18)40(36,37)38/h2-3,6-8,10-13,15-17,21H,4-5,9,14H2,1H3,(H,28,33)(H,29,32)(H,31,34)(H,36,37,38)/b30-17-. The Morgan fingerprint density at radius 3 is 2.48 bits per heavy atom. The number of carbonyl (C=O) groups excluding carboxylic acids is 3. The molecule has 40 heavy (non-hydrogen) atoms. The van der Waals surface area contributed by atoms with Crippen molar-refractivity contribution < 1.29 is 32.1 Å². The lowest BCUT2D eigenvalue weighted by molar-refractivity contribution is -0.143. The molecule has 1 aromatic carbocycles. The highest BCUT2D eigenvalue weighted by atomic mass is 32.2. The second kappa shape index (κ2) is 14.5. The summed E-state index contributed by atoms with van der Waals surface area (Å²) in [4.78, 5) is 44.7. The van der Waals surface area contributed by atoms with E-state index in [1.807, 2.05) is 0 Å². The third kappa shape index (κ3) is 8.96. The first-order chi connectivity index (χ1) is 19.2. The number of hydrogen-bond acceptors (Lipinski definition) is 10. The Labute approximate surface area is 230 Å². The van der Waals surface area contributed by atoms with Crippen molar-refractivity contribution in [1.29, 1.82) is 0 Å². The molecule has 14 heteroatoms. The van der Waals surface area contributed by atoms with Crippen LogP contribution in [0.15, 0.2) is 77.1 Å². The molecule has 2 heterocycles. The maximum atomic E-state index is 12.7. The molecule has 4 N–H and O–H groups in total. The van der Waals surface area contributed by atoms with E-state index in [1.165, 1.54) is 56.0 Å². The van der Waals surface area contributed by atoms with Gasteiger partial charge in [0.1, 0.15) is 16.8 Å². The smallest absolute Gasteiger partial charge is 0.328 e. The van der Waals surface area contributed by atoms with Crippen LogP contribution in [0.25, 0.3) is 0 Å². The van der Waals surface area contributed by atoms with E-state index in [0.29, 0.717) is 31.4 Å². The molecule has 1 atom stereocenters. The predicted molar refractivity (Wildman–Crippen MR) is 145 cm³/mol. The zero-order valence-electron chi connectivity index (χ0n) is 21.5. The van der Waals surface area contributed by atoms with Gasteiger partial charge < -0.3 is 15.4 Å². The first kappa shape index (κ1) is 29.9. The summed E-state index contributed by atoms with van der Waals surface area (Å²) in [5.41, 5.74) is 3.41. The van der Waals surface area contributed by atoms with Gasteiger partial charge in [0.2, 0.25) is 0 Å². The lowest BCUT2D eigenvalue weighted by Gasteiger charge is -2.16. The van der Waals surface area contributed by atoms with E-state index < -0.39 is 28.0 Å². The van der Waals surface area contributed by atoms with Gasteiger partial charge in [0.25, 0.3) is 21.9 Å². The molecule has 13 nitrogen and oxygen atoms in total. The molecule has 210 valence electrons. The number of hydrazone groups is 1. The molecule has 0 aliphatic heterocycles. The topological polar surface area (TPSA) is 189 Å². The maximum absolute atomic E-state index is 12.7. The number of unbranched alkanes of at least 4 members (excludes halogenated alkanes) is 1. The fourth-order valence-electron chi connectivity index (χ4n) is 3.49. The second-order valence-corrected chi connectivity index (χ2v) is 9.75. The van der Waals surface area contributed by atoms with E-state index in [9.17, 15) is 27.4 Å². The van der Waals surface area contributed by atoms with E-state index in [1.54, 1.807) is 24.4 Å². The van der Waals surface area contributed by atoms with E-state index >= 15 is 0 Å². The number of ether oxygens (including phenoxy) is 1. The van der Waals surface area contributed by atoms with E-state index in [2.05, 4.69) is 31.1 Å². The second-order valence-electron chi connectivity index (χ2n) is 8.36. The SMILES string of the molecule is COC(=O)C(CCCCNC(=O)c1cccnc1)NC(=O)c1ccc(N/N=C\c2ccccc2S(=O)(=O)O)nc1. The number of anilines is 1. The summed E-state index contributed by atoms with van der Waals surface area (Å²) in [7, 11) is -3.19. The van der Waals surface area contributed by atoms with Gasteiger partial charge in [-0.1, -0.05) is 18.2 Å². The molecule has 0 saturated carbocycles. The molecular formula is C26H28N6O7S. The van der Waals surface area contributed by atoms with Crippen LogP contribution in [0.1, 0.15) is 45.5 Å². The molecule has 0 bridgehead atoms. The minimum absolute atomic E-state index is 0.165. The number of rotatable bonds is 13. The van der Waals surface area contributed by atoms with Crippen LogP contribution in [0, 0.1) is 0 Å². The largest absolute Gasteiger partial charge is 0.467 e. The van der Waals surface area contributed by atoms with Crippen molar-refractivity contribution in [3.63, 3.8) is 0 Å². The highest BCUT2D eigenvalue weighted by Gasteiger charge is 2.22. The van der Waals surface area contributed by atoms with Gasteiger partial charge in [0, 0.05) is 30.7 Å². The number of carbonyl (C=O) groups is 3. The number of nitrogens with one attached hydrogen (secondary N) is 3. The van der Waals surface area contributed by atoms with E-state index in [0.717, 1.165) is 0 Å². The lowest BCUT2D eigenvalue weighted by Crippen LogP contribution is -2.41. The number of aromatic nitrogens is 2. The summed E-state index contributed by atoms with van der Waals surface area (Å²) in [6.45, 7) is 0.387.